The number of benzene rings is 8. The van der Waals surface area contributed by atoms with E-state index in [1.807, 2.05) is 48.5 Å². The molecule has 2 heteroatoms. The van der Waals surface area contributed by atoms with E-state index < -0.39 is 0 Å². The van der Waals surface area contributed by atoms with Gasteiger partial charge in [-0.1, -0.05) is 133 Å². The summed E-state index contributed by atoms with van der Waals surface area (Å²) in [6.07, 6.45) is 0. The van der Waals surface area contributed by atoms with Crippen molar-refractivity contribution in [3.63, 3.8) is 0 Å². The highest BCUT2D eigenvalue weighted by molar-refractivity contribution is 6.18. The van der Waals surface area contributed by atoms with E-state index in [2.05, 4.69) is 121 Å². The van der Waals surface area contributed by atoms with Gasteiger partial charge in [-0.3, -0.25) is 0 Å². The van der Waals surface area contributed by atoms with Crippen molar-refractivity contribution in [2.45, 2.75) is 0 Å². The molecule has 8 aromatic rings. The second-order valence-electron chi connectivity index (χ2n) is 11.3. The molecule has 8 rings (SSSR count). The van der Waals surface area contributed by atoms with E-state index in [9.17, 15) is 10.5 Å². The average Bonchev–Trinajstić information content (AvgIpc) is 3.13. The number of rotatable bonds is 2. The summed E-state index contributed by atoms with van der Waals surface area (Å²) in [6, 6.07) is 54.0. The summed E-state index contributed by atoms with van der Waals surface area (Å²) in [4.78, 5) is 0. The molecule has 0 amide bonds. The minimum Gasteiger partial charge on any atom is -0.192 e. The molecule has 8 aromatic carbocycles. The molecule has 210 valence electrons. The van der Waals surface area contributed by atoms with Crippen molar-refractivity contribution < 1.29 is 0 Å². The van der Waals surface area contributed by atoms with Gasteiger partial charge in [-0.15, -0.1) is 0 Å². The van der Waals surface area contributed by atoms with Gasteiger partial charge in [-0.25, -0.2) is 0 Å². The molecule has 0 unspecified atom stereocenters. The standard InChI is InChI=1S/C44H24N2/c45-27-29-17-21-31(22-18-29)43-39-13-5-1-9-33(39)37(34-10-2-6-14-40(34)43)25-26-38-35-11-3-7-15-41(35)44(42-16-8-4-12-36(38)42)32-23-19-30(28-46)20-24-32/h1-24H. The average molecular weight is 581 g/mol. The van der Waals surface area contributed by atoms with E-state index in [4.69, 9.17) is 0 Å². The van der Waals surface area contributed by atoms with Crippen molar-refractivity contribution in [2.24, 2.45) is 0 Å². The molecule has 0 spiro atoms. The zero-order valence-corrected chi connectivity index (χ0v) is 24.8. The SMILES string of the molecule is N#Cc1ccc(-c2c3ccccc3c(C#Cc3c4ccccc4c(-c4ccc(C#N)cc4)c4ccccc34)c3ccccc23)cc1. The van der Waals surface area contributed by atoms with Crippen LogP contribution >= 0.6 is 0 Å². The Labute approximate surface area is 267 Å². The monoisotopic (exact) mass is 580 g/mol. The van der Waals surface area contributed by atoms with Crippen molar-refractivity contribution >= 4 is 43.1 Å². The van der Waals surface area contributed by atoms with E-state index in [0.717, 1.165) is 76.5 Å². The maximum atomic E-state index is 9.38. The largest absolute Gasteiger partial charge is 0.192 e. The normalized spacial score (nSPS) is 10.8. The Balaban J connectivity index is 1.42. The maximum absolute atomic E-state index is 9.38. The highest BCUT2D eigenvalue weighted by Crippen LogP contribution is 2.41. The molecule has 0 heterocycles. The maximum Gasteiger partial charge on any atom is 0.0991 e. The van der Waals surface area contributed by atoms with Crippen LogP contribution in [0.5, 0.6) is 0 Å². The number of nitriles is 2. The first-order valence-corrected chi connectivity index (χ1v) is 15.1. The fourth-order valence-corrected chi connectivity index (χ4v) is 6.70. The van der Waals surface area contributed by atoms with Gasteiger partial charge in [0.15, 0.2) is 0 Å². The Kier molecular flexibility index (Phi) is 6.51. The summed E-state index contributed by atoms with van der Waals surface area (Å²) in [7, 11) is 0. The summed E-state index contributed by atoms with van der Waals surface area (Å²) in [5, 5.41) is 27.6. The van der Waals surface area contributed by atoms with Crippen molar-refractivity contribution in [3.05, 3.63) is 168 Å². The van der Waals surface area contributed by atoms with Crippen molar-refractivity contribution in [3.8, 4) is 46.2 Å². The van der Waals surface area contributed by atoms with Gasteiger partial charge in [-0.05, 0) is 89.6 Å². The van der Waals surface area contributed by atoms with E-state index in [0.29, 0.717) is 11.1 Å². The minimum absolute atomic E-state index is 0.643. The van der Waals surface area contributed by atoms with Crippen molar-refractivity contribution in [2.75, 3.05) is 0 Å². The summed E-state index contributed by atoms with van der Waals surface area (Å²) >= 11 is 0. The highest BCUT2D eigenvalue weighted by Gasteiger charge is 2.16. The molecular formula is C44H24N2. The number of fused-ring (bicyclic) bond motifs is 4. The molecule has 0 aromatic heterocycles. The molecular weight excluding hydrogens is 556 g/mol. The third kappa shape index (κ3) is 4.36. The van der Waals surface area contributed by atoms with Gasteiger partial charge in [0.25, 0.3) is 0 Å². The molecule has 0 atom stereocenters. The smallest absolute Gasteiger partial charge is 0.0991 e. The Hall–Kier alpha value is -6.66. The molecule has 0 N–H and O–H groups in total. The molecule has 0 aliphatic heterocycles. The van der Waals surface area contributed by atoms with Crippen LogP contribution in [0.2, 0.25) is 0 Å². The van der Waals surface area contributed by atoms with Crippen LogP contribution in [0.4, 0.5) is 0 Å². The molecule has 0 bridgehead atoms. The van der Waals surface area contributed by atoms with Gasteiger partial charge in [0.2, 0.25) is 0 Å². The van der Waals surface area contributed by atoms with Crippen molar-refractivity contribution in [1.29, 1.82) is 10.5 Å². The van der Waals surface area contributed by atoms with Gasteiger partial charge >= 0.3 is 0 Å². The summed E-state index contributed by atoms with van der Waals surface area (Å²) < 4.78 is 0. The highest BCUT2D eigenvalue weighted by atomic mass is 14.2. The molecule has 0 saturated carbocycles. The first kappa shape index (κ1) is 26.9. The van der Waals surface area contributed by atoms with Crippen LogP contribution in [-0.4, -0.2) is 0 Å². The number of hydrogen-bond acceptors (Lipinski definition) is 2. The van der Waals surface area contributed by atoms with Crippen LogP contribution in [0, 0.1) is 34.5 Å². The van der Waals surface area contributed by atoms with Gasteiger partial charge in [0, 0.05) is 11.1 Å². The lowest BCUT2D eigenvalue weighted by atomic mass is 9.87. The summed E-state index contributed by atoms with van der Waals surface area (Å²) in [5.74, 6) is 7.35. The predicted molar refractivity (Wildman–Crippen MR) is 189 cm³/mol. The van der Waals surface area contributed by atoms with Crippen LogP contribution in [0.3, 0.4) is 0 Å². The molecule has 0 saturated heterocycles. The minimum atomic E-state index is 0.643. The molecule has 0 aliphatic carbocycles. The zero-order valence-electron chi connectivity index (χ0n) is 24.8. The van der Waals surface area contributed by atoms with E-state index in [-0.39, 0.29) is 0 Å². The Bertz CT molecular complexity index is 2340. The van der Waals surface area contributed by atoms with Crippen LogP contribution in [-0.2, 0) is 0 Å². The Morgan fingerprint density at radius 3 is 0.826 bits per heavy atom. The zero-order chi connectivity index (χ0) is 31.0. The first-order chi connectivity index (χ1) is 22.7. The van der Waals surface area contributed by atoms with Gasteiger partial charge in [0.05, 0.1) is 23.3 Å². The van der Waals surface area contributed by atoms with Crippen LogP contribution in [0.25, 0.3) is 65.3 Å². The van der Waals surface area contributed by atoms with E-state index in [1.54, 1.807) is 0 Å². The first-order valence-electron chi connectivity index (χ1n) is 15.1. The second-order valence-corrected chi connectivity index (χ2v) is 11.3. The van der Waals surface area contributed by atoms with Crippen LogP contribution in [0.1, 0.15) is 22.3 Å². The fraction of sp³-hybridized carbons (Fsp3) is 0. The molecule has 46 heavy (non-hydrogen) atoms. The second kappa shape index (κ2) is 11.1. The van der Waals surface area contributed by atoms with Crippen LogP contribution < -0.4 is 0 Å². The lowest BCUT2D eigenvalue weighted by Gasteiger charge is -2.16. The Morgan fingerprint density at radius 1 is 0.304 bits per heavy atom. The Morgan fingerprint density at radius 2 is 0.565 bits per heavy atom. The summed E-state index contributed by atoms with van der Waals surface area (Å²) in [6.45, 7) is 0. The third-order valence-corrected chi connectivity index (χ3v) is 8.78. The topological polar surface area (TPSA) is 47.6 Å². The van der Waals surface area contributed by atoms with Crippen LogP contribution in [0.15, 0.2) is 146 Å². The molecule has 0 radical (unpaired) electrons. The number of hydrogen-bond donors (Lipinski definition) is 0. The number of nitrogens with zero attached hydrogens (tertiary/aromatic N) is 2. The third-order valence-electron chi connectivity index (χ3n) is 8.78. The quantitative estimate of drug-likeness (QED) is 0.151. The molecule has 0 fully saturated rings. The van der Waals surface area contributed by atoms with Gasteiger partial charge in [0.1, 0.15) is 0 Å². The lowest BCUT2D eigenvalue weighted by Crippen LogP contribution is -1.92. The van der Waals surface area contributed by atoms with Gasteiger partial charge < -0.3 is 0 Å². The lowest BCUT2D eigenvalue weighted by molar-refractivity contribution is 1.48. The van der Waals surface area contributed by atoms with Crippen molar-refractivity contribution in [1.82, 2.24) is 0 Å². The van der Waals surface area contributed by atoms with E-state index >= 15 is 0 Å². The van der Waals surface area contributed by atoms with Gasteiger partial charge in [-0.2, -0.15) is 10.5 Å². The molecule has 2 nitrogen and oxygen atoms in total. The van der Waals surface area contributed by atoms with E-state index in [1.165, 1.54) is 0 Å². The fourth-order valence-electron chi connectivity index (χ4n) is 6.70. The predicted octanol–water partition coefficient (Wildman–Crippen LogP) is 10.8. The summed E-state index contributed by atoms with van der Waals surface area (Å²) in [5.41, 5.74) is 7.70. The molecule has 0 aliphatic rings.